The number of aliphatic hydroxyl groups is 1. The van der Waals surface area contributed by atoms with Crippen LogP contribution in [0.2, 0.25) is 0 Å². The normalized spacial score (nSPS) is 44.0. The molecule has 6 aliphatic carbocycles. The van der Waals surface area contributed by atoms with Crippen LogP contribution >= 0.6 is 0 Å². The molecule has 0 radical (unpaired) electrons. The third kappa shape index (κ3) is 2.32. The lowest BCUT2D eigenvalue weighted by Crippen LogP contribution is -2.82. The molecule has 1 spiro atoms. The van der Waals surface area contributed by atoms with Gasteiger partial charge in [0.15, 0.2) is 17.3 Å². The van der Waals surface area contributed by atoms with Crippen molar-refractivity contribution in [3.8, 4) is 0 Å². The molecule has 0 aromatic heterocycles. The van der Waals surface area contributed by atoms with Gasteiger partial charge in [0.2, 0.25) is 0 Å². The van der Waals surface area contributed by atoms with Gasteiger partial charge < -0.3 is 5.11 Å². The summed E-state index contributed by atoms with van der Waals surface area (Å²) in [6.45, 7) is 16.4. The Morgan fingerprint density at radius 2 is 1.73 bits per heavy atom. The van der Waals surface area contributed by atoms with E-state index >= 15 is 4.79 Å². The largest absolute Gasteiger partial charge is 0.387 e. The summed E-state index contributed by atoms with van der Waals surface area (Å²) in [5.74, 6) is -1.01. The molecule has 4 heteroatoms. The summed E-state index contributed by atoms with van der Waals surface area (Å²) in [7, 11) is 0. The highest BCUT2D eigenvalue weighted by molar-refractivity contribution is 6.29. The maximum atomic E-state index is 15.0. The summed E-state index contributed by atoms with van der Waals surface area (Å²) in [4.78, 5) is 44.7. The summed E-state index contributed by atoms with van der Waals surface area (Å²) >= 11 is 0. The number of Topliss-reactive ketones (excluding diaryl/α,β-unsaturated/α-hetero) is 3. The third-order valence-corrected chi connectivity index (χ3v) is 11.9. The van der Waals surface area contributed by atoms with Crippen molar-refractivity contribution in [1.82, 2.24) is 0 Å². The third-order valence-electron chi connectivity index (χ3n) is 11.9. The van der Waals surface area contributed by atoms with Gasteiger partial charge in [0.25, 0.3) is 0 Å². The molecule has 5 fully saturated rings. The van der Waals surface area contributed by atoms with Crippen LogP contribution in [0.25, 0.3) is 0 Å². The molecular weight excluding hydrogens is 460 g/mol. The van der Waals surface area contributed by atoms with E-state index in [2.05, 4.69) is 27.4 Å². The number of carbonyl (C=O) groups is 3. The number of rotatable bonds is 5. The molecule has 5 saturated carbocycles. The molecule has 0 aliphatic heterocycles. The first kappa shape index (κ1) is 25.0. The van der Waals surface area contributed by atoms with Crippen LogP contribution < -0.4 is 0 Å². The zero-order valence-electron chi connectivity index (χ0n) is 23.2. The van der Waals surface area contributed by atoms with Crippen LogP contribution in [0.5, 0.6) is 0 Å². The Hall–Kier alpha value is -2.33. The quantitative estimate of drug-likeness (QED) is 0.388. The van der Waals surface area contributed by atoms with Crippen LogP contribution in [0.1, 0.15) is 96.0 Å². The lowest BCUT2D eigenvalue weighted by Gasteiger charge is -2.68. The van der Waals surface area contributed by atoms with Gasteiger partial charge in [-0.2, -0.15) is 0 Å². The second-order valence-electron chi connectivity index (χ2n) is 14.2. The highest BCUT2D eigenvalue weighted by Gasteiger charge is 2.97. The number of fused-ring (bicyclic) bond motifs is 1. The van der Waals surface area contributed by atoms with E-state index in [-0.39, 0.29) is 23.3 Å². The van der Waals surface area contributed by atoms with Gasteiger partial charge in [0.05, 0.1) is 10.8 Å². The molecule has 196 valence electrons. The van der Waals surface area contributed by atoms with Crippen molar-refractivity contribution in [3.63, 3.8) is 0 Å². The second kappa shape index (κ2) is 7.00. The molecule has 7 atom stereocenters. The first-order chi connectivity index (χ1) is 17.2. The number of hydrogen-bond acceptors (Lipinski definition) is 4. The molecule has 1 unspecified atom stereocenters. The standard InChI is InChI=1S/C33H40O4/c1-19(2)12-13-21-16-31-17-24-28(5,6)23-11-9-8-10-22(23)25(34)32(24)27(36)30(26(31)35,15-14-20(3)4)18-29(21,7)33(31,32)37/h8-11,14,21,24,37H,1,12-13,15-18H2,2-7H3/t21-,24?,29-,30+,31-,32+,33+/m1/s1. The van der Waals surface area contributed by atoms with Gasteiger partial charge in [0, 0.05) is 11.0 Å². The predicted octanol–water partition coefficient (Wildman–Crippen LogP) is 6.17. The van der Waals surface area contributed by atoms with Crippen molar-refractivity contribution < 1.29 is 19.5 Å². The number of carbonyl (C=O) groups excluding carboxylic acids is 3. The molecule has 5 bridgehead atoms. The SMILES string of the molecule is C=C(C)CC[C@@H]1C[C@]23CC4C(C)(C)c5ccccc5C(=O)[C@]45C(=O)[C@@](CC=C(C)C)(C[C@@]1(C)[C@]25O)C3=O. The summed E-state index contributed by atoms with van der Waals surface area (Å²) in [6.07, 6.45) is 5.22. The molecule has 7 rings (SSSR count). The lowest BCUT2D eigenvalue weighted by atomic mass is 9.33. The van der Waals surface area contributed by atoms with Crippen molar-refractivity contribution in [2.45, 2.75) is 91.1 Å². The molecule has 1 N–H and O–H groups in total. The zero-order valence-corrected chi connectivity index (χ0v) is 23.2. The molecule has 37 heavy (non-hydrogen) atoms. The first-order valence-electron chi connectivity index (χ1n) is 13.9. The lowest BCUT2D eigenvalue weighted by molar-refractivity contribution is -0.241. The Kier molecular flexibility index (Phi) is 4.72. The summed E-state index contributed by atoms with van der Waals surface area (Å²) in [5.41, 5.74) is -3.27. The van der Waals surface area contributed by atoms with Crippen LogP contribution in [-0.2, 0) is 15.0 Å². The van der Waals surface area contributed by atoms with Crippen molar-refractivity contribution in [1.29, 1.82) is 0 Å². The van der Waals surface area contributed by atoms with Crippen molar-refractivity contribution in [2.24, 2.45) is 33.5 Å². The van der Waals surface area contributed by atoms with Gasteiger partial charge in [-0.3, -0.25) is 14.4 Å². The van der Waals surface area contributed by atoms with E-state index < -0.39 is 38.6 Å². The maximum absolute atomic E-state index is 15.0. The Morgan fingerprint density at radius 3 is 2.38 bits per heavy atom. The summed E-state index contributed by atoms with van der Waals surface area (Å²) in [6, 6.07) is 7.60. The van der Waals surface area contributed by atoms with Crippen LogP contribution in [0, 0.1) is 33.5 Å². The number of hydrogen-bond donors (Lipinski definition) is 1. The van der Waals surface area contributed by atoms with Crippen LogP contribution in [0.3, 0.4) is 0 Å². The fourth-order valence-electron chi connectivity index (χ4n) is 10.5. The maximum Gasteiger partial charge on any atom is 0.180 e. The first-order valence-corrected chi connectivity index (χ1v) is 13.9. The average molecular weight is 501 g/mol. The highest BCUT2D eigenvalue weighted by Crippen LogP contribution is 2.87. The van der Waals surface area contributed by atoms with Crippen molar-refractivity contribution in [3.05, 3.63) is 59.2 Å². The monoisotopic (exact) mass is 500 g/mol. The molecule has 1 aromatic rings. The minimum atomic E-state index is -1.68. The van der Waals surface area contributed by atoms with Crippen molar-refractivity contribution in [2.75, 3.05) is 0 Å². The van der Waals surface area contributed by atoms with Crippen molar-refractivity contribution >= 4 is 17.3 Å². The Morgan fingerprint density at radius 1 is 1.05 bits per heavy atom. The molecule has 0 heterocycles. The van der Waals surface area contributed by atoms with E-state index in [1.54, 1.807) is 0 Å². The Labute approximate surface area is 220 Å². The fraction of sp³-hybridized carbons (Fsp3) is 0.606. The zero-order chi connectivity index (χ0) is 27.0. The topological polar surface area (TPSA) is 71.4 Å². The number of allylic oxidation sites excluding steroid dienone is 3. The predicted molar refractivity (Wildman–Crippen MR) is 143 cm³/mol. The Bertz CT molecular complexity index is 1330. The number of ketones is 3. The minimum Gasteiger partial charge on any atom is -0.387 e. The molecule has 1 aromatic carbocycles. The van der Waals surface area contributed by atoms with Gasteiger partial charge in [-0.25, -0.2) is 0 Å². The molecule has 0 saturated heterocycles. The van der Waals surface area contributed by atoms with Gasteiger partial charge >= 0.3 is 0 Å². The molecule has 0 amide bonds. The molecule has 6 aliphatic rings. The van der Waals surface area contributed by atoms with Crippen LogP contribution in [-0.4, -0.2) is 28.1 Å². The van der Waals surface area contributed by atoms with Gasteiger partial charge in [-0.15, -0.1) is 6.58 Å². The van der Waals surface area contributed by atoms with E-state index in [1.807, 2.05) is 51.1 Å². The minimum absolute atomic E-state index is 0.0470. The van der Waals surface area contributed by atoms with E-state index in [0.29, 0.717) is 31.2 Å². The molecular formula is C33H40O4. The Balaban J connectivity index is 1.69. The summed E-state index contributed by atoms with van der Waals surface area (Å²) < 4.78 is 0. The van der Waals surface area contributed by atoms with Crippen LogP contribution in [0.15, 0.2) is 48.1 Å². The second-order valence-corrected chi connectivity index (χ2v) is 14.2. The average Bonchev–Trinajstić information content (AvgIpc) is 3.15. The number of benzene rings is 1. The van der Waals surface area contributed by atoms with E-state index in [4.69, 9.17) is 0 Å². The highest BCUT2D eigenvalue weighted by atomic mass is 16.3. The van der Waals surface area contributed by atoms with E-state index in [9.17, 15) is 14.7 Å². The van der Waals surface area contributed by atoms with Gasteiger partial charge in [0.1, 0.15) is 11.0 Å². The van der Waals surface area contributed by atoms with Crippen LogP contribution in [0.4, 0.5) is 0 Å². The van der Waals surface area contributed by atoms with Gasteiger partial charge in [-0.1, -0.05) is 62.3 Å². The van der Waals surface area contributed by atoms with E-state index in [1.165, 1.54) is 0 Å². The smallest absolute Gasteiger partial charge is 0.180 e. The molecule has 4 nitrogen and oxygen atoms in total. The fourth-order valence-corrected chi connectivity index (χ4v) is 10.5. The van der Waals surface area contributed by atoms with E-state index in [0.717, 1.165) is 29.6 Å². The van der Waals surface area contributed by atoms with Gasteiger partial charge in [-0.05, 0) is 82.1 Å². The summed E-state index contributed by atoms with van der Waals surface area (Å²) in [5, 5.41) is 13.2.